The van der Waals surface area contributed by atoms with Gasteiger partial charge in [0.25, 0.3) is 0 Å². The third kappa shape index (κ3) is 4.97. The minimum atomic E-state index is -0.786. The molecule has 1 amide bonds. The number of methoxy groups -OCH3 is 2. The van der Waals surface area contributed by atoms with Crippen molar-refractivity contribution < 1.29 is 19.4 Å². The number of amides is 1. The average molecular weight is 343 g/mol. The number of benzene rings is 2. The van der Waals surface area contributed by atoms with Crippen LogP contribution in [0.1, 0.15) is 35.6 Å². The predicted octanol–water partition coefficient (Wildman–Crippen LogP) is 3.77. The van der Waals surface area contributed by atoms with E-state index in [4.69, 9.17) is 9.47 Å². The molecular formula is C20H25NO4. The van der Waals surface area contributed by atoms with Crippen molar-refractivity contribution in [3.05, 3.63) is 53.1 Å². The number of aliphatic hydroxyl groups is 1. The van der Waals surface area contributed by atoms with Crippen LogP contribution >= 0.6 is 0 Å². The molecule has 2 rings (SSSR count). The van der Waals surface area contributed by atoms with Gasteiger partial charge in [-0.15, -0.1) is 0 Å². The van der Waals surface area contributed by atoms with Crippen molar-refractivity contribution in [2.45, 2.75) is 32.8 Å². The van der Waals surface area contributed by atoms with Gasteiger partial charge in [0.15, 0.2) is 0 Å². The highest BCUT2D eigenvalue weighted by Gasteiger charge is 2.16. The van der Waals surface area contributed by atoms with Gasteiger partial charge in [0.1, 0.15) is 11.5 Å². The maximum atomic E-state index is 12.2. The number of carbonyl (C=O) groups excluding carboxylic acids is 1. The molecule has 0 aliphatic heterocycles. The Hall–Kier alpha value is -2.53. The lowest BCUT2D eigenvalue weighted by molar-refractivity contribution is -0.116. The van der Waals surface area contributed by atoms with Crippen LogP contribution in [0.2, 0.25) is 0 Å². The molecule has 1 atom stereocenters. The Morgan fingerprint density at radius 1 is 1.12 bits per heavy atom. The quantitative estimate of drug-likeness (QED) is 0.803. The van der Waals surface area contributed by atoms with E-state index in [-0.39, 0.29) is 12.3 Å². The summed E-state index contributed by atoms with van der Waals surface area (Å²) >= 11 is 0. The maximum absolute atomic E-state index is 12.2. The van der Waals surface area contributed by atoms with Gasteiger partial charge < -0.3 is 19.9 Å². The number of hydrogen-bond acceptors (Lipinski definition) is 4. The molecule has 0 fully saturated rings. The molecular weight excluding hydrogens is 318 g/mol. The van der Waals surface area contributed by atoms with Gasteiger partial charge in [-0.05, 0) is 44.0 Å². The Labute approximate surface area is 148 Å². The molecule has 1 unspecified atom stereocenters. The summed E-state index contributed by atoms with van der Waals surface area (Å²) in [6, 6.07) is 11.1. The number of carbonyl (C=O) groups is 1. The van der Waals surface area contributed by atoms with Gasteiger partial charge in [-0.25, -0.2) is 0 Å². The van der Waals surface area contributed by atoms with E-state index in [1.54, 1.807) is 25.3 Å². The first-order valence-electron chi connectivity index (χ1n) is 8.21. The average Bonchev–Trinajstić information content (AvgIpc) is 2.61. The zero-order valence-corrected chi connectivity index (χ0v) is 15.1. The highest BCUT2D eigenvalue weighted by molar-refractivity contribution is 5.91. The topological polar surface area (TPSA) is 67.8 Å². The molecule has 2 N–H and O–H groups in total. The molecule has 0 aliphatic rings. The van der Waals surface area contributed by atoms with Crippen molar-refractivity contribution >= 4 is 11.6 Å². The van der Waals surface area contributed by atoms with Gasteiger partial charge >= 0.3 is 0 Å². The van der Waals surface area contributed by atoms with Crippen molar-refractivity contribution in [3.63, 3.8) is 0 Å². The van der Waals surface area contributed by atoms with Gasteiger partial charge in [-0.2, -0.15) is 0 Å². The molecule has 0 bridgehead atoms. The standard InChI is InChI=1S/C20H25NO4/c1-13-5-8-17(14(2)11-13)21-20(23)10-9-18(22)16-7-6-15(24-3)12-19(16)25-4/h5-8,11-12,18,22H,9-10H2,1-4H3,(H,21,23). The highest BCUT2D eigenvalue weighted by Crippen LogP contribution is 2.31. The van der Waals surface area contributed by atoms with E-state index in [0.29, 0.717) is 23.5 Å². The van der Waals surface area contributed by atoms with E-state index in [1.165, 1.54) is 7.11 Å². The van der Waals surface area contributed by atoms with E-state index in [0.717, 1.165) is 16.8 Å². The second kappa shape index (κ2) is 8.53. The van der Waals surface area contributed by atoms with Crippen LogP contribution in [0.15, 0.2) is 36.4 Å². The molecule has 0 spiro atoms. The SMILES string of the molecule is COc1ccc(C(O)CCC(=O)Nc2ccc(C)cc2C)c(OC)c1. The van der Waals surface area contributed by atoms with E-state index in [9.17, 15) is 9.90 Å². The number of nitrogens with one attached hydrogen (secondary N) is 1. The van der Waals surface area contributed by atoms with Crippen molar-refractivity contribution in [2.75, 3.05) is 19.5 Å². The van der Waals surface area contributed by atoms with E-state index in [2.05, 4.69) is 5.32 Å². The zero-order chi connectivity index (χ0) is 18.4. The molecule has 0 saturated heterocycles. The summed E-state index contributed by atoms with van der Waals surface area (Å²) < 4.78 is 10.4. The molecule has 2 aromatic carbocycles. The second-order valence-electron chi connectivity index (χ2n) is 6.03. The summed E-state index contributed by atoms with van der Waals surface area (Å²) in [5.41, 5.74) is 3.61. The van der Waals surface area contributed by atoms with Crippen LogP contribution in [0.25, 0.3) is 0 Å². The molecule has 134 valence electrons. The van der Waals surface area contributed by atoms with Gasteiger partial charge in [0.2, 0.25) is 5.91 Å². The Morgan fingerprint density at radius 3 is 2.52 bits per heavy atom. The Balaban J connectivity index is 1.97. The van der Waals surface area contributed by atoms with Crippen molar-refractivity contribution in [3.8, 4) is 11.5 Å². The van der Waals surface area contributed by atoms with E-state index < -0.39 is 6.10 Å². The summed E-state index contributed by atoms with van der Waals surface area (Å²) in [6.45, 7) is 3.97. The van der Waals surface area contributed by atoms with Crippen LogP contribution in [-0.2, 0) is 4.79 Å². The summed E-state index contributed by atoms with van der Waals surface area (Å²) in [4.78, 5) is 12.2. The smallest absolute Gasteiger partial charge is 0.224 e. The molecule has 0 aliphatic carbocycles. The lowest BCUT2D eigenvalue weighted by atomic mass is 10.0. The zero-order valence-electron chi connectivity index (χ0n) is 15.1. The molecule has 0 heterocycles. The van der Waals surface area contributed by atoms with Crippen molar-refractivity contribution in [1.82, 2.24) is 0 Å². The first kappa shape index (κ1) is 18.8. The van der Waals surface area contributed by atoms with Gasteiger partial charge in [0.05, 0.1) is 20.3 Å². The van der Waals surface area contributed by atoms with Gasteiger partial charge in [0, 0.05) is 23.7 Å². The number of aliphatic hydroxyl groups excluding tert-OH is 1. The third-order valence-corrected chi connectivity index (χ3v) is 4.10. The van der Waals surface area contributed by atoms with Crippen LogP contribution in [0.5, 0.6) is 11.5 Å². The van der Waals surface area contributed by atoms with Crippen LogP contribution in [0, 0.1) is 13.8 Å². The largest absolute Gasteiger partial charge is 0.497 e. The van der Waals surface area contributed by atoms with E-state index in [1.807, 2.05) is 32.0 Å². The fourth-order valence-corrected chi connectivity index (χ4v) is 2.68. The number of aryl methyl sites for hydroxylation is 2. The molecule has 0 aromatic heterocycles. The first-order chi connectivity index (χ1) is 11.9. The van der Waals surface area contributed by atoms with Crippen LogP contribution in [0.3, 0.4) is 0 Å². The second-order valence-corrected chi connectivity index (χ2v) is 6.03. The highest BCUT2D eigenvalue weighted by atomic mass is 16.5. The van der Waals surface area contributed by atoms with Crippen LogP contribution < -0.4 is 14.8 Å². The molecule has 5 heteroatoms. The van der Waals surface area contributed by atoms with Crippen LogP contribution in [0.4, 0.5) is 5.69 Å². The maximum Gasteiger partial charge on any atom is 0.224 e. The summed E-state index contributed by atoms with van der Waals surface area (Å²) in [5, 5.41) is 13.3. The molecule has 0 radical (unpaired) electrons. The molecule has 25 heavy (non-hydrogen) atoms. The fourth-order valence-electron chi connectivity index (χ4n) is 2.68. The molecule has 0 saturated carbocycles. The Kier molecular flexibility index (Phi) is 6.42. The van der Waals surface area contributed by atoms with Crippen molar-refractivity contribution in [2.24, 2.45) is 0 Å². The Bertz CT molecular complexity index is 742. The minimum Gasteiger partial charge on any atom is -0.497 e. The number of hydrogen-bond donors (Lipinski definition) is 2. The Morgan fingerprint density at radius 2 is 1.88 bits per heavy atom. The van der Waals surface area contributed by atoms with Crippen molar-refractivity contribution in [1.29, 1.82) is 0 Å². The predicted molar refractivity (Wildman–Crippen MR) is 98.3 cm³/mol. The summed E-state index contributed by atoms with van der Waals surface area (Å²) in [7, 11) is 3.11. The third-order valence-electron chi connectivity index (χ3n) is 4.10. The molecule has 5 nitrogen and oxygen atoms in total. The van der Waals surface area contributed by atoms with Gasteiger partial charge in [-0.3, -0.25) is 4.79 Å². The number of anilines is 1. The monoisotopic (exact) mass is 343 g/mol. The lowest BCUT2D eigenvalue weighted by Crippen LogP contribution is -2.14. The van der Waals surface area contributed by atoms with Gasteiger partial charge in [-0.1, -0.05) is 17.7 Å². The lowest BCUT2D eigenvalue weighted by Gasteiger charge is -2.16. The van der Waals surface area contributed by atoms with E-state index >= 15 is 0 Å². The summed E-state index contributed by atoms with van der Waals surface area (Å²) in [6.07, 6.45) is -0.269. The first-order valence-corrected chi connectivity index (χ1v) is 8.21. The normalized spacial score (nSPS) is 11.7. The fraction of sp³-hybridized carbons (Fsp3) is 0.350. The number of ether oxygens (including phenoxy) is 2. The molecule has 2 aromatic rings. The summed E-state index contributed by atoms with van der Waals surface area (Å²) in [5.74, 6) is 1.07. The number of rotatable bonds is 7. The minimum absolute atomic E-state index is 0.126. The van der Waals surface area contributed by atoms with Crippen LogP contribution in [-0.4, -0.2) is 25.2 Å².